The van der Waals surface area contributed by atoms with E-state index in [0.717, 1.165) is 24.5 Å². The van der Waals surface area contributed by atoms with Crippen molar-refractivity contribution in [2.75, 3.05) is 0 Å². The van der Waals surface area contributed by atoms with E-state index in [4.69, 9.17) is 4.42 Å². The molecule has 0 fully saturated rings. The van der Waals surface area contributed by atoms with Crippen molar-refractivity contribution in [3.8, 4) is 0 Å². The van der Waals surface area contributed by atoms with Gasteiger partial charge in [0.25, 0.3) is 0 Å². The van der Waals surface area contributed by atoms with Crippen molar-refractivity contribution in [3.05, 3.63) is 54.2 Å². The molecule has 2 rings (SSSR count). The Labute approximate surface area is 94.9 Å². The number of aromatic nitrogens is 1. The van der Waals surface area contributed by atoms with Crippen molar-refractivity contribution in [1.29, 1.82) is 0 Å². The zero-order valence-electron chi connectivity index (χ0n) is 8.22. The average Bonchev–Trinajstić information content (AvgIpc) is 2.72. The number of furan rings is 1. The average molecular weight is 225 g/mol. The molecular weight excluding hydrogens is 212 g/mol. The molecule has 0 spiro atoms. The van der Waals surface area contributed by atoms with Gasteiger partial charge in [-0.15, -0.1) is 12.4 Å². The van der Waals surface area contributed by atoms with Crippen LogP contribution in [0.3, 0.4) is 0 Å². The molecule has 0 saturated carbocycles. The standard InChI is InChI=1S/C11H12N2O.ClH/c1-2-6-13-10(4-1)8-12-9-11-5-3-7-14-11;/h1-7,12H,8-9H2;1H. The lowest BCUT2D eigenvalue weighted by atomic mass is 10.3. The molecule has 1 N–H and O–H groups in total. The van der Waals surface area contributed by atoms with Crippen LogP contribution >= 0.6 is 12.4 Å². The molecule has 0 aromatic carbocycles. The number of hydrogen-bond donors (Lipinski definition) is 1. The number of nitrogens with zero attached hydrogens (tertiary/aromatic N) is 1. The van der Waals surface area contributed by atoms with Crippen LogP contribution in [0.5, 0.6) is 0 Å². The van der Waals surface area contributed by atoms with Crippen LogP contribution in [0.25, 0.3) is 0 Å². The minimum absolute atomic E-state index is 0. The van der Waals surface area contributed by atoms with Crippen LogP contribution in [0.15, 0.2) is 47.2 Å². The van der Waals surface area contributed by atoms with Gasteiger partial charge < -0.3 is 9.73 Å². The van der Waals surface area contributed by atoms with Crippen molar-refractivity contribution in [3.63, 3.8) is 0 Å². The molecule has 0 saturated heterocycles. The van der Waals surface area contributed by atoms with E-state index < -0.39 is 0 Å². The number of nitrogens with one attached hydrogen (secondary N) is 1. The Hall–Kier alpha value is -1.32. The molecule has 2 aromatic rings. The third kappa shape index (κ3) is 3.73. The zero-order valence-corrected chi connectivity index (χ0v) is 9.04. The van der Waals surface area contributed by atoms with Crippen LogP contribution in [-0.4, -0.2) is 4.98 Å². The fourth-order valence-corrected chi connectivity index (χ4v) is 1.23. The predicted molar refractivity (Wildman–Crippen MR) is 60.7 cm³/mol. The highest BCUT2D eigenvalue weighted by Crippen LogP contribution is 1.99. The van der Waals surface area contributed by atoms with Crippen molar-refractivity contribution < 1.29 is 4.42 Å². The summed E-state index contributed by atoms with van der Waals surface area (Å²) < 4.78 is 5.19. The van der Waals surface area contributed by atoms with E-state index in [9.17, 15) is 0 Å². The third-order valence-electron chi connectivity index (χ3n) is 1.91. The maximum atomic E-state index is 5.19. The molecule has 0 amide bonds. The third-order valence-corrected chi connectivity index (χ3v) is 1.91. The normalized spacial score (nSPS) is 9.60. The molecule has 0 bridgehead atoms. The molecule has 0 unspecified atom stereocenters. The van der Waals surface area contributed by atoms with E-state index in [2.05, 4.69) is 10.3 Å². The topological polar surface area (TPSA) is 38.1 Å². The summed E-state index contributed by atoms with van der Waals surface area (Å²) in [5.74, 6) is 0.945. The van der Waals surface area contributed by atoms with E-state index in [1.54, 1.807) is 12.5 Å². The number of hydrogen-bond acceptors (Lipinski definition) is 3. The fraction of sp³-hybridized carbons (Fsp3) is 0.182. The molecule has 0 aliphatic heterocycles. The van der Waals surface area contributed by atoms with Crippen LogP contribution in [0, 0.1) is 0 Å². The van der Waals surface area contributed by atoms with Crippen molar-refractivity contribution in [2.24, 2.45) is 0 Å². The number of halogens is 1. The number of rotatable bonds is 4. The monoisotopic (exact) mass is 224 g/mol. The van der Waals surface area contributed by atoms with Gasteiger partial charge in [0.15, 0.2) is 0 Å². The Morgan fingerprint density at radius 1 is 1.13 bits per heavy atom. The lowest BCUT2D eigenvalue weighted by Gasteiger charge is -2.01. The van der Waals surface area contributed by atoms with Gasteiger partial charge in [-0.1, -0.05) is 6.07 Å². The molecule has 0 aliphatic rings. The summed E-state index contributed by atoms with van der Waals surface area (Å²) in [4.78, 5) is 4.20. The van der Waals surface area contributed by atoms with Crippen molar-refractivity contribution in [1.82, 2.24) is 10.3 Å². The van der Waals surface area contributed by atoms with Gasteiger partial charge in [0, 0.05) is 12.7 Å². The highest BCUT2D eigenvalue weighted by molar-refractivity contribution is 5.85. The van der Waals surface area contributed by atoms with E-state index in [0.29, 0.717) is 0 Å². The summed E-state index contributed by atoms with van der Waals surface area (Å²) in [6, 6.07) is 9.73. The van der Waals surface area contributed by atoms with Crippen LogP contribution in [0.2, 0.25) is 0 Å². The van der Waals surface area contributed by atoms with E-state index in [1.807, 2.05) is 30.3 Å². The Morgan fingerprint density at radius 3 is 2.73 bits per heavy atom. The smallest absolute Gasteiger partial charge is 0.117 e. The van der Waals surface area contributed by atoms with E-state index >= 15 is 0 Å². The maximum absolute atomic E-state index is 5.19. The second kappa shape index (κ2) is 6.22. The summed E-state index contributed by atoms with van der Waals surface area (Å²) in [6.07, 6.45) is 3.47. The van der Waals surface area contributed by atoms with Gasteiger partial charge in [-0.25, -0.2) is 0 Å². The summed E-state index contributed by atoms with van der Waals surface area (Å²) in [5.41, 5.74) is 1.04. The first-order valence-electron chi connectivity index (χ1n) is 4.58. The van der Waals surface area contributed by atoms with Gasteiger partial charge in [0.2, 0.25) is 0 Å². The van der Waals surface area contributed by atoms with Gasteiger partial charge in [0.05, 0.1) is 18.5 Å². The molecule has 0 aliphatic carbocycles. The Morgan fingerprint density at radius 2 is 2.07 bits per heavy atom. The molecule has 3 nitrogen and oxygen atoms in total. The van der Waals surface area contributed by atoms with Gasteiger partial charge in [-0.2, -0.15) is 0 Å². The molecular formula is C11H13ClN2O. The van der Waals surface area contributed by atoms with Crippen LogP contribution in [-0.2, 0) is 13.1 Å². The van der Waals surface area contributed by atoms with Crippen LogP contribution in [0.4, 0.5) is 0 Å². The molecule has 2 aromatic heterocycles. The summed E-state index contributed by atoms with van der Waals surface area (Å²) in [5, 5.41) is 3.25. The van der Waals surface area contributed by atoms with Gasteiger partial charge in [-0.05, 0) is 24.3 Å². The second-order valence-corrected chi connectivity index (χ2v) is 3.00. The summed E-state index contributed by atoms with van der Waals surface area (Å²) >= 11 is 0. The van der Waals surface area contributed by atoms with Crippen LogP contribution in [0.1, 0.15) is 11.5 Å². The molecule has 4 heteroatoms. The van der Waals surface area contributed by atoms with Crippen LogP contribution < -0.4 is 5.32 Å². The quantitative estimate of drug-likeness (QED) is 0.867. The van der Waals surface area contributed by atoms with Crippen molar-refractivity contribution >= 4 is 12.4 Å². The zero-order chi connectivity index (χ0) is 9.64. The lowest BCUT2D eigenvalue weighted by Crippen LogP contribution is -2.12. The first-order valence-corrected chi connectivity index (χ1v) is 4.58. The Balaban J connectivity index is 0.00000112. The lowest BCUT2D eigenvalue weighted by molar-refractivity contribution is 0.482. The summed E-state index contributed by atoms with van der Waals surface area (Å²) in [6.45, 7) is 1.51. The van der Waals surface area contributed by atoms with Gasteiger partial charge in [-0.3, -0.25) is 4.98 Å². The molecule has 2 heterocycles. The SMILES string of the molecule is Cl.c1ccc(CNCc2ccco2)nc1. The molecule has 0 radical (unpaired) electrons. The van der Waals surface area contributed by atoms with Gasteiger partial charge >= 0.3 is 0 Å². The minimum Gasteiger partial charge on any atom is -0.468 e. The van der Waals surface area contributed by atoms with Gasteiger partial charge in [0.1, 0.15) is 5.76 Å². The minimum atomic E-state index is 0. The first kappa shape index (κ1) is 11.8. The highest BCUT2D eigenvalue weighted by Gasteiger charge is 1.95. The largest absolute Gasteiger partial charge is 0.468 e. The van der Waals surface area contributed by atoms with E-state index in [-0.39, 0.29) is 12.4 Å². The fourth-order valence-electron chi connectivity index (χ4n) is 1.23. The highest BCUT2D eigenvalue weighted by atomic mass is 35.5. The molecule has 80 valence electrons. The Bertz CT molecular complexity index is 361. The summed E-state index contributed by atoms with van der Waals surface area (Å²) in [7, 11) is 0. The van der Waals surface area contributed by atoms with E-state index in [1.165, 1.54) is 0 Å². The predicted octanol–water partition coefficient (Wildman–Crippen LogP) is 2.39. The maximum Gasteiger partial charge on any atom is 0.117 e. The molecule has 0 atom stereocenters. The Kier molecular flexibility index (Phi) is 4.87. The first-order chi connectivity index (χ1) is 6.95. The second-order valence-electron chi connectivity index (χ2n) is 3.00. The number of pyridine rings is 1. The molecule has 15 heavy (non-hydrogen) atoms. The van der Waals surface area contributed by atoms with Crippen molar-refractivity contribution in [2.45, 2.75) is 13.1 Å².